The van der Waals surface area contributed by atoms with Gasteiger partial charge in [0.25, 0.3) is 0 Å². The van der Waals surface area contributed by atoms with Crippen LogP contribution in [0.1, 0.15) is 51.9 Å². The van der Waals surface area contributed by atoms with Gasteiger partial charge in [-0.25, -0.2) is 4.79 Å². The minimum Gasteiger partial charge on any atom is -0.480 e. The summed E-state index contributed by atoms with van der Waals surface area (Å²) in [5.74, 6) is -0.713. The highest BCUT2D eigenvalue weighted by atomic mass is 32.2. The number of hydrogen-bond acceptors (Lipinski definition) is 3. The van der Waals surface area contributed by atoms with Crippen LogP contribution < -0.4 is 5.32 Å². The number of carboxylic acid groups (broad SMARTS) is 1. The number of rotatable bonds is 5. The van der Waals surface area contributed by atoms with Gasteiger partial charge in [-0.15, -0.1) is 0 Å². The van der Waals surface area contributed by atoms with Gasteiger partial charge in [0.15, 0.2) is 0 Å². The average molecular weight is 285 g/mol. The Kier molecular flexibility index (Phi) is 4.76. The number of carbonyl (C=O) groups excluding carboxylic acids is 1. The van der Waals surface area contributed by atoms with Crippen molar-refractivity contribution in [2.75, 3.05) is 5.75 Å². The Morgan fingerprint density at radius 3 is 2.47 bits per heavy atom. The van der Waals surface area contributed by atoms with Gasteiger partial charge in [0.1, 0.15) is 6.04 Å². The van der Waals surface area contributed by atoms with Crippen LogP contribution in [-0.2, 0) is 9.59 Å². The van der Waals surface area contributed by atoms with Crippen molar-refractivity contribution < 1.29 is 14.7 Å². The Balaban J connectivity index is 1.83. The van der Waals surface area contributed by atoms with Gasteiger partial charge in [-0.05, 0) is 31.1 Å². The van der Waals surface area contributed by atoms with E-state index in [1.165, 1.54) is 51.9 Å². The number of amides is 1. The predicted molar refractivity (Wildman–Crippen MR) is 76.2 cm³/mol. The summed E-state index contributed by atoms with van der Waals surface area (Å²) < 4.78 is 0. The van der Waals surface area contributed by atoms with E-state index in [2.05, 4.69) is 5.32 Å². The zero-order valence-corrected chi connectivity index (χ0v) is 12.3. The molecule has 2 aliphatic rings. The molecule has 19 heavy (non-hydrogen) atoms. The Labute approximate surface area is 118 Å². The maximum Gasteiger partial charge on any atom is 0.327 e. The fourth-order valence-corrected chi connectivity index (χ4v) is 5.03. The van der Waals surface area contributed by atoms with Gasteiger partial charge in [-0.1, -0.05) is 19.3 Å². The van der Waals surface area contributed by atoms with Crippen molar-refractivity contribution in [1.29, 1.82) is 0 Å². The molecule has 2 N–H and O–H groups in total. The SMILES string of the molecule is CC(=O)N[C@@H](CSC1CCC12CCCCC2)C(=O)O. The number of carboxylic acids is 1. The maximum atomic E-state index is 11.1. The van der Waals surface area contributed by atoms with Crippen LogP contribution >= 0.6 is 11.8 Å². The van der Waals surface area contributed by atoms with Gasteiger partial charge < -0.3 is 10.4 Å². The first-order valence-corrected chi connectivity index (χ1v) is 8.20. The number of hydrogen-bond donors (Lipinski definition) is 2. The zero-order chi connectivity index (χ0) is 13.9. The lowest BCUT2D eigenvalue weighted by molar-refractivity contribution is -0.140. The van der Waals surface area contributed by atoms with E-state index in [1.54, 1.807) is 11.8 Å². The molecule has 1 spiro atoms. The Morgan fingerprint density at radius 1 is 1.32 bits per heavy atom. The summed E-state index contributed by atoms with van der Waals surface area (Å²) in [6.07, 6.45) is 9.13. The summed E-state index contributed by atoms with van der Waals surface area (Å²) in [4.78, 5) is 22.1. The van der Waals surface area contributed by atoms with Crippen molar-refractivity contribution in [3.05, 3.63) is 0 Å². The van der Waals surface area contributed by atoms with E-state index < -0.39 is 12.0 Å². The summed E-state index contributed by atoms with van der Waals surface area (Å²) in [5, 5.41) is 12.2. The minimum atomic E-state index is -0.931. The Morgan fingerprint density at radius 2 is 2.00 bits per heavy atom. The average Bonchev–Trinajstić information content (AvgIpc) is 2.36. The van der Waals surface area contributed by atoms with Gasteiger partial charge in [0, 0.05) is 17.9 Å². The van der Waals surface area contributed by atoms with Crippen LogP contribution in [-0.4, -0.2) is 34.0 Å². The van der Waals surface area contributed by atoms with Gasteiger partial charge >= 0.3 is 5.97 Å². The third-order valence-corrected chi connectivity index (χ3v) is 6.24. The van der Waals surface area contributed by atoms with Gasteiger partial charge in [-0.2, -0.15) is 11.8 Å². The van der Waals surface area contributed by atoms with Crippen LogP contribution in [0.2, 0.25) is 0 Å². The van der Waals surface area contributed by atoms with Crippen molar-refractivity contribution in [3.8, 4) is 0 Å². The van der Waals surface area contributed by atoms with Crippen molar-refractivity contribution in [3.63, 3.8) is 0 Å². The first-order chi connectivity index (χ1) is 9.03. The van der Waals surface area contributed by atoms with Crippen LogP contribution in [0.15, 0.2) is 0 Å². The van der Waals surface area contributed by atoms with Gasteiger partial charge in [-0.3, -0.25) is 4.79 Å². The predicted octanol–water partition coefficient (Wildman–Crippen LogP) is 2.42. The van der Waals surface area contributed by atoms with Crippen molar-refractivity contribution in [2.45, 2.75) is 63.2 Å². The quantitative estimate of drug-likeness (QED) is 0.814. The molecule has 2 aliphatic carbocycles. The molecule has 0 radical (unpaired) electrons. The second-order valence-corrected chi connectivity index (χ2v) is 7.11. The molecule has 2 atom stereocenters. The number of aliphatic carboxylic acids is 1. The lowest BCUT2D eigenvalue weighted by atomic mass is 9.60. The summed E-state index contributed by atoms with van der Waals surface area (Å²) in [6.45, 7) is 1.37. The third kappa shape index (κ3) is 3.44. The molecule has 0 aliphatic heterocycles. The molecule has 4 nitrogen and oxygen atoms in total. The van der Waals surface area contributed by atoms with Gasteiger partial charge in [0.2, 0.25) is 5.91 Å². The molecule has 2 fully saturated rings. The first-order valence-electron chi connectivity index (χ1n) is 7.15. The maximum absolute atomic E-state index is 11.1. The molecule has 1 amide bonds. The van der Waals surface area contributed by atoms with E-state index in [1.807, 2.05) is 0 Å². The largest absolute Gasteiger partial charge is 0.480 e. The third-order valence-electron chi connectivity index (χ3n) is 4.58. The summed E-state index contributed by atoms with van der Waals surface area (Å²) in [7, 11) is 0. The van der Waals surface area contributed by atoms with E-state index in [9.17, 15) is 9.59 Å². The lowest BCUT2D eigenvalue weighted by Crippen LogP contribution is -2.47. The standard InChI is InChI=1S/C14H23NO3S/c1-10(16)15-11(13(17)18)9-19-12-5-8-14(12)6-3-2-4-7-14/h11-12H,2-9H2,1H3,(H,15,16)(H,17,18)/t11-,12?/m0/s1. The highest BCUT2D eigenvalue weighted by Gasteiger charge is 2.47. The Bertz CT molecular complexity index is 353. The zero-order valence-electron chi connectivity index (χ0n) is 11.5. The molecule has 1 unspecified atom stereocenters. The highest BCUT2D eigenvalue weighted by Crippen LogP contribution is 2.56. The molecule has 0 saturated heterocycles. The van der Waals surface area contributed by atoms with Crippen LogP contribution in [0.3, 0.4) is 0 Å². The van der Waals surface area contributed by atoms with Gasteiger partial charge in [0.05, 0.1) is 0 Å². The summed E-state index contributed by atoms with van der Waals surface area (Å²) in [5.41, 5.74) is 0.488. The number of thioether (sulfide) groups is 1. The van der Waals surface area contributed by atoms with E-state index >= 15 is 0 Å². The molecule has 0 aromatic rings. The molecule has 2 saturated carbocycles. The van der Waals surface area contributed by atoms with Crippen LogP contribution in [0, 0.1) is 5.41 Å². The molecule has 2 rings (SSSR count). The monoisotopic (exact) mass is 285 g/mol. The van der Waals surface area contributed by atoms with Crippen molar-refractivity contribution in [2.24, 2.45) is 5.41 Å². The lowest BCUT2D eigenvalue weighted by Gasteiger charge is -2.52. The molecule has 0 heterocycles. The molecule has 108 valence electrons. The highest BCUT2D eigenvalue weighted by molar-refractivity contribution is 8.00. The summed E-state index contributed by atoms with van der Waals surface area (Å²) >= 11 is 1.75. The summed E-state index contributed by atoms with van der Waals surface area (Å²) in [6, 6.07) is -0.747. The number of carbonyl (C=O) groups is 2. The van der Waals surface area contributed by atoms with E-state index in [0.29, 0.717) is 16.4 Å². The second kappa shape index (κ2) is 6.16. The van der Waals surface area contributed by atoms with E-state index in [4.69, 9.17) is 5.11 Å². The number of nitrogens with one attached hydrogen (secondary N) is 1. The van der Waals surface area contributed by atoms with Crippen LogP contribution in [0.25, 0.3) is 0 Å². The van der Waals surface area contributed by atoms with Crippen molar-refractivity contribution in [1.82, 2.24) is 5.32 Å². The topological polar surface area (TPSA) is 66.4 Å². The normalized spacial score (nSPS) is 26.5. The smallest absolute Gasteiger partial charge is 0.327 e. The molecule has 0 aromatic carbocycles. The molecule has 5 heteroatoms. The van der Waals surface area contributed by atoms with E-state index in [0.717, 1.165) is 0 Å². The minimum absolute atomic E-state index is 0.269. The second-order valence-electron chi connectivity index (χ2n) is 5.88. The molecule has 0 bridgehead atoms. The molecular formula is C14H23NO3S. The first kappa shape index (κ1) is 14.7. The van der Waals surface area contributed by atoms with E-state index in [-0.39, 0.29) is 5.91 Å². The fraction of sp³-hybridized carbons (Fsp3) is 0.857. The molecule has 0 aromatic heterocycles. The van der Waals surface area contributed by atoms with Crippen LogP contribution in [0.5, 0.6) is 0 Å². The van der Waals surface area contributed by atoms with Crippen molar-refractivity contribution >= 4 is 23.6 Å². The molecular weight excluding hydrogens is 262 g/mol. The fourth-order valence-electron chi connectivity index (χ4n) is 3.39. The van der Waals surface area contributed by atoms with Crippen LogP contribution in [0.4, 0.5) is 0 Å². The Hall–Kier alpha value is -0.710.